The van der Waals surface area contributed by atoms with E-state index < -0.39 is 10.0 Å². The van der Waals surface area contributed by atoms with Gasteiger partial charge in [-0.25, -0.2) is 13.1 Å². The van der Waals surface area contributed by atoms with Crippen molar-refractivity contribution in [1.29, 1.82) is 0 Å². The molecule has 1 saturated carbocycles. The summed E-state index contributed by atoms with van der Waals surface area (Å²) in [5.41, 5.74) is 3.97. The predicted octanol–water partition coefficient (Wildman–Crippen LogP) is 5.50. The fourth-order valence-electron chi connectivity index (χ4n) is 5.81. The standard InChI is InChI=1S/C30H35N3O3S/c1-5-21-12-15-24(16-13-21)37(35,36)32-27-19-30(27)20-29(3,4)31-26-17-14-22(18-25(26)30)28(34)33(6-2)23-10-8-7-9-11-23/h7-18,27,31-32H,5-6,19-20H2,1-4H3. The van der Waals surface area contributed by atoms with Crippen molar-refractivity contribution < 1.29 is 13.2 Å². The molecule has 2 aliphatic rings. The lowest BCUT2D eigenvalue weighted by molar-refractivity contribution is 0.0988. The fraction of sp³-hybridized carbons (Fsp3) is 0.367. The second-order valence-electron chi connectivity index (χ2n) is 10.9. The molecule has 1 heterocycles. The van der Waals surface area contributed by atoms with Crippen molar-refractivity contribution in [3.63, 3.8) is 0 Å². The highest BCUT2D eigenvalue weighted by Crippen LogP contribution is 2.59. The smallest absolute Gasteiger partial charge is 0.258 e. The maximum absolute atomic E-state index is 13.6. The van der Waals surface area contributed by atoms with Gasteiger partial charge in [0.15, 0.2) is 0 Å². The summed E-state index contributed by atoms with van der Waals surface area (Å²) in [5.74, 6) is -0.0646. The van der Waals surface area contributed by atoms with Gasteiger partial charge in [0.2, 0.25) is 10.0 Å². The number of rotatable bonds is 7. The second-order valence-corrected chi connectivity index (χ2v) is 12.6. The number of nitrogens with zero attached hydrogens (tertiary/aromatic N) is 1. The van der Waals surface area contributed by atoms with E-state index in [-0.39, 0.29) is 27.8 Å². The minimum absolute atomic E-state index is 0.0646. The monoisotopic (exact) mass is 517 g/mol. The molecule has 1 aliphatic heterocycles. The van der Waals surface area contributed by atoms with Gasteiger partial charge in [0.05, 0.1) is 4.90 Å². The SMILES string of the molecule is CCc1ccc(S(=O)(=O)NC2CC23CC(C)(C)Nc2ccc(C(=O)N(CC)c4ccccc4)cc23)cc1. The Kier molecular flexibility index (Phi) is 6.40. The van der Waals surface area contributed by atoms with Crippen molar-refractivity contribution in [2.75, 3.05) is 16.8 Å². The Morgan fingerprint density at radius 3 is 2.38 bits per heavy atom. The molecule has 0 radical (unpaired) electrons. The molecule has 37 heavy (non-hydrogen) atoms. The summed E-state index contributed by atoms with van der Waals surface area (Å²) < 4.78 is 29.5. The number of para-hydroxylation sites is 1. The highest BCUT2D eigenvalue weighted by Gasteiger charge is 2.61. The van der Waals surface area contributed by atoms with Crippen LogP contribution in [0.4, 0.5) is 11.4 Å². The molecule has 0 bridgehead atoms. The Morgan fingerprint density at radius 2 is 1.73 bits per heavy atom. The molecule has 1 aliphatic carbocycles. The van der Waals surface area contributed by atoms with Crippen LogP contribution >= 0.6 is 0 Å². The molecular weight excluding hydrogens is 482 g/mol. The molecule has 5 rings (SSSR count). The summed E-state index contributed by atoms with van der Waals surface area (Å²) in [6.45, 7) is 8.84. The third-order valence-electron chi connectivity index (χ3n) is 7.68. The zero-order valence-electron chi connectivity index (χ0n) is 21.9. The van der Waals surface area contributed by atoms with E-state index in [0.29, 0.717) is 18.5 Å². The fourth-order valence-corrected chi connectivity index (χ4v) is 7.12. The molecule has 0 aromatic heterocycles. The zero-order chi connectivity index (χ0) is 26.4. The normalized spacial score (nSPS) is 21.7. The van der Waals surface area contributed by atoms with Gasteiger partial charge in [-0.15, -0.1) is 0 Å². The van der Waals surface area contributed by atoms with Crippen LogP contribution in [0.15, 0.2) is 77.7 Å². The predicted molar refractivity (Wildman–Crippen MR) is 149 cm³/mol. The first-order chi connectivity index (χ1) is 17.6. The Morgan fingerprint density at radius 1 is 1.03 bits per heavy atom. The quantitative estimate of drug-likeness (QED) is 0.434. The number of hydrogen-bond donors (Lipinski definition) is 2. The highest BCUT2D eigenvalue weighted by atomic mass is 32.2. The van der Waals surface area contributed by atoms with Crippen LogP contribution in [0.2, 0.25) is 0 Å². The average molecular weight is 518 g/mol. The topological polar surface area (TPSA) is 78.5 Å². The number of sulfonamides is 1. The summed E-state index contributed by atoms with van der Waals surface area (Å²) in [5, 5.41) is 3.60. The van der Waals surface area contributed by atoms with Gasteiger partial charge in [-0.05, 0) is 93.6 Å². The molecule has 1 fully saturated rings. The largest absolute Gasteiger partial charge is 0.380 e. The summed E-state index contributed by atoms with van der Waals surface area (Å²) in [4.78, 5) is 15.6. The molecule has 2 atom stereocenters. The average Bonchev–Trinajstić information content (AvgIpc) is 3.54. The van der Waals surface area contributed by atoms with Crippen LogP contribution in [0.1, 0.15) is 62.0 Å². The summed E-state index contributed by atoms with van der Waals surface area (Å²) in [6.07, 6.45) is 2.33. The van der Waals surface area contributed by atoms with E-state index in [9.17, 15) is 13.2 Å². The molecular formula is C30H35N3O3S. The Bertz CT molecular complexity index is 1420. The number of carbonyl (C=O) groups is 1. The minimum atomic E-state index is -3.66. The van der Waals surface area contributed by atoms with E-state index in [1.807, 2.05) is 74.5 Å². The van der Waals surface area contributed by atoms with Crippen LogP contribution in [0.5, 0.6) is 0 Å². The van der Waals surface area contributed by atoms with E-state index in [1.54, 1.807) is 17.0 Å². The van der Waals surface area contributed by atoms with Crippen molar-refractivity contribution in [2.24, 2.45) is 0 Å². The van der Waals surface area contributed by atoms with E-state index >= 15 is 0 Å². The number of aryl methyl sites for hydroxylation is 1. The number of fused-ring (bicyclic) bond motifs is 2. The van der Waals surface area contributed by atoms with E-state index in [1.165, 1.54) is 0 Å². The van der Waals surface area contributed by atoms with Crippen LogP contribution in [-0.2, 0) is 21.9 Å². The lowest BCUT2D eigenvalue weighted by Gasteiger charge is -2.40. The van der Waals surface area contributed by atoms with Gasteiger partial charge in [0, 0.05) is 40.5 Å². The number of anilines is 2. The summed E-state index contributed by atoms with van der Waals surface area (Å²) in [6, 6.07) is 22.3. The van der Waals surface area contributed by atoms with Crippen molar-refractivity contribution in [3.05, 3.63) is 89.5 Å². The molecule has 7 heteroatoms. The minimum Gasteiger partial charge on any atom is -0.380 e. The number of hydrogen-bond acceptors (Lipinski definition) is 4. The van der Waals surface area contributed by atoms with Gasteiger partial charge in [-0.1, -0.05) is 37.3 Å². The second kappa shape index (κ2) is 9.30. The highest BCUT2D eigenvalue weighted by molar-refractivity contribution is 7.89. The third-order valence-corrected chi connectivity index (χ3v) is 9.16. The van der Waals surface area contributed by atoms with E-state index in [4.69, 9.17) is 0 Å². The Hall–Kier alpha value is -3.16. The van der Waals surface area contributed by atoms with Gasteiger partial charge in [0.25, 0.3) is 5.91 Å². The lowest BCUT2D eigenvalue weighted by Crippen LogP contribution is -2.44. The molecule has 1 amide bonds. The molecule has 2 N–H and O–H groups in total. The van der Waals surface area contributed by atoms with Gasteiger partial charge < -0.3 is 10.2 Å². The first-order valence-electron chi connectivity index (χ1n) is 13.0. The van der Waals surface area contributed by atoms with E-state index in [2.05, 4.69) is 23.9 Å². The van der Waals surface area contributed by atoms with Crippen LogP contribution < -0.4 is 14.9 Å². The maximum Gasteiger partial charge on any atom is 0.258 e. The maximum atomic E-state index is 13.6. The number of carbonyl (C=O) groups excluding carboxylic acids is 1. The van der Waals surface area contributed by atoms with Crippen molar-refractivity contribution in [2.45, 2.75) is 68.8 Å². The Labute approximate surface area is 220 Å². The summed E-state index contributed by atoms with van der Waals surface area (Å²) >= 11 is 0. The zero-order valence-corrected chi connectivity index (χ0v) is 22.7. The third kappa shape index (κ3) is 4.78. The molecule has 1 spiro atoms. The number of amides is 1. The van der Waals surface area contributed by atoms with Gasteiger partial charge in [-0.2, -0.15) is 0 Å². The molecule has 2 unspecified atom stereocenters. The van der Waals surface area contributed by atoms with Gasteiger partial charge in [-0.3, -0.25) is 4.79 Å². The lowest BCUT2D eigenvalue weighted by atomic mass is 9.77. The number of nitrogens with one attached hydrogen (secondary N) is 2. The number of benzene rings is 3. The van der Waals surface area contributed by atoms with Crippen molar-refractivity contribution in [3.8, 4) is 0 Å². The van der Waals surface area contributed by atoms with E-state index in [0.717, 1.165) is 35.3 Å². The molecule has 194 valence electrons. The first-order valence-corrected chi connectivity index (χ1v) is 14.5. The molecule has 6 nitrogen and oxygen atoms in total. The van der Waals surface area contributed by atoms with Gasteiger partial charge >= 0.3 is 0 Å². The van der Waals surface area contributed by atoms with Crippen LogP contribution in [0, 0.1) is 0 Å². The van der Waals surface area contributed by atoms with Crippen molar-refractivity contribution >= 4 is 27.3 Å². The molecule has 3 aromatic rings. The van der Waals surface area contributed by atoms with Crippen molar-refractivity contribution in [1.82, 2.24) is 4.72 Å². The van der Waals surface area contributed by atoms with Crippen LogP contribution in [-0.4, -0.2) is 32.5 Å². The summed E-state index contributed by atoms with van der Waals surface area (Å²) in [7, 11) is -3.66. The molecule has 0 saturated heterocycles. The molecule has 3 aromatic carbocycles. The first kappa shape index (κ1) is 25.5. The Balaban J connectivity index is 1.46. The van der Waals surface area contributed by atoms with Crippen LogP contribution in [0.3, 0.4) is 0 Å². The van der Waals surface area contributed by atoms with Gasteiger partial charge in [0.1, 0.15) is 0 Å². The van der Waals surface area contributed by atoms with Crippen LogP contribution in [0.25, 0.3) is 0 Å².